The maximum Gasteiger partial charge on any atom is 0.239 e. The fourth-order valence-electron chi connectivity index (χ4n) is 2.90. The van der Waals surface area contributed by atoms with Crippen molar-refractivity contribution in [2.75, 3.05) is 16.8 Å². The number of carbonyl (C=O) groups is 2. The van der Waals surface area contributed by atoms with E-state index in [9.17, 15) is 9.59 Å². The van der Waals surface area contributed by atoms with E-state index in [1.54, 1.807) is 4.90 Å². The van der Waals surface area contributed by atoms with Crippen LogP contribution in [0.25, 0.3) is 0 Å². The van der Waals surface area contributed by atoms with Crippen LogP contribution in [0.2, 0.25) is 0 Å². The van der Waals surface area contributed by atoms with Crippen LogP contribution in [-0.2, 0) is 9.59 Å². The summed E-state index contributed by atoms with van der Waals surface area (Å²) >= 11 is 3.44. The molecule has 1 heterocycles. The summed E-state index contributed by atoms with van der Waals surface area (Å²) in [5.74, 6) is -1.01. The summed E-state index contributed by atoms with van der Waals surface area (Å²) in [6.07, 6.45) is 0.530. The predicted octanol–water partition coefficient (Wildman–Crippen LogP) is 4.06. The monoisotopic (exact) mass is 386 g/mol. The minimum Gasteiger partial charge on any atom is -0.325 e. The Balaban J connectivity index is 1.74. The quantitative estimate of drug-likeness (QED) is 0.808. The normalized spacial score (nSPS) is 17.2. The van der Waals surface area contributed by atoms with Gasteiger partial charge in [-0.25, -0.2) is 0 Å². The third kappa shape index (κ3) is 3.36. The Morgan fingerprint density at radius 3 is 2.58 bits per heavy atom. The highest BCUT2D eigenvalue weighted by molar-refractivity contribution is 9.10. The lowest BCUT2D eigenvalue weighted by Gasteiger charge is -2.19. The first-order chi connectivity index (χ1) is 11.5. The smallest absolute Gasteiger partial charge is 0.239 e. The Hall–Kier alpha value is -2.14. The molecule has 1 N–H and O–H groups in total. The van der Waals surface area contributed by atoms with Gasteiger partial charge in [-0.05, 0) is 50.1 Å². The molecule has 2 aromatic rings. The van der Waals surface area contributed by atoms with Crippen molar-refractivity contribution >= 4 is 39.1 Å². The number of carbonyl (C=O) groups excluding carboxylic acids is 2. The molecule has 2 aromatic carbocycles. The molecule has 0 aromatic heterocycles. The highest BCUT2D eigenvalue weighted by Gasteiger charge is 2.38. The number of anilines is 2. The molecule has 1 atom stereocenters. The summed E-state index contributed by atoms with van der Waals surface area (Å²) in [6, 6.07) is 13.4. The number of hydrogen-bond donors (Lipinski definition) is 1. The summed E-state index contributed by atoms with van der Waals surface area (Å²) in [7, 11) is 0. The van der Waals surface area contributed by atoms with Gasteiger partial charge in [0.25, 0.3) is 0 Å². The predicted molar refractivity (Wildman–Crippen MR) is 99.1 cm³/mol. The average Bonchev–Trinajstić information content (AvgIpc) is 2.93. The van der Waals surface area contributed by atoms with Crippen molar-refractivity contribution in [2.45, 2.75) is 20.3 Å². The molecular weight excluding hydrogens is 368 g/mol. The van der Waals surface area contributed by atoms with E-state index in [1.165, 1.54) is 0 Å². The third-order valence-corrected chi connectivity index (χ3v) is 4.80. The van der Waals surface area contributed by atoms with E-state index in [-0.39, 0.29) is 11.8 Å². The number of halogens is 1. The number of nitrogens with one attached hydrogen (secondary N) is 1. The second kappa shape index (κ2) is 6.77. The van der Waals surface area contributed by atoms with Gasteiger partial charge in [0, 0.05) is 22.4 Å². The van der Waals surface area contributed by atoms with E-state index in [2.05, 4.69) is 21.2 Å². The standard InChI is InChI=1S/C19H19BrN2O2/c1-12-3-7-15(8-4-12)21-18(23)16-9-10-22(19(16)24)17-11-14(20)6-5-13(17)2/h3-8,11,16H,9-10H2,1-2H3,(H,21,23). The molecule has 1 aliphatic rings. The molecule has 3 rings (SSSR count). The molecule has 4 nitrogen and oxygen atoms in total. The summed E-state index contributed by atoms with van der Waals surface area (Å²) in [4.78, 5) is 26.9. The Kier molecular flexibility index (Phi) is 4.71. The highest BCUT2D eigenvalue weighted by atomic mass is 79.9. The van der Waals surface area contributed by atoms with Gasteiger partial charge in [0.05, 0.1) is 0 Å². The van der Waals surface area contributed by atoms with E-state index in [4.69, 9.17) is 0 Å². The molecule has 1 saturated heterocycles. The third-order valence-electron chi connectivity index (χ3n) is 4.30. The molecule has 124 valence electrons. The number of amides is 2. The van der Waals surface area contributed by atoms with Crippen molar-refractivity contribution in [3.8, 4) is 0 Å². The lowest BCUT2D eigenvalue weighted by atomic mass is 10.1. The zero-order valence-electron chi connectivity index (χ0n) is 13.7. The number of rotatable bonds is 3. The lowest BCUT2D eigenvalue weighted by molar-refractivity contribution is -0.129. The van der Waals surface area contributed by atoms with Crippen molar-refractivity contribution in [3.05, 3.63) is 58.1 Å². The molecule has 1 fully saturated rings. The zero-order chi connectivity index (χ0) is 17.3. The van der Waals surface area contributed by atoms with Crippen LogP contribution in [0.5, 0.6) is 0 Å². The van der Waals surface area contributed by atoms with Crippen molar-refractivity contribution in [1.29, 1.82) is 0 Å². The van der Waals surface area contributed by atoms with E-state index < -0.39 is 5.92 Å². The maximum absolute atomic E-state index is 12.7. The first-order valence-corrected chi connectivity index (χ1v) is 8.70. The molecule has 1 aliphatic heterocycles. The molecule has 24 heavy (non-hydrogen) atoms. The van der Waals surface area contributed by atoms with Gasteiger partial charge in [-0.15, -0.1) is 0 Å². The fourth-order valence-corrected chi connectivity index (χ4v) is 3.25. The molecule has 0 radical (unpaired) electrons. The average molecular weight is 387 g/mol. The molecular formula is C19H19BrN2O2. The van der Waals surface area contributed by atoms with Crippen molar-refractivity contribution in [1.82, 2.24) is 0 Å². The number of aryl methyl sites for hydroxylation is 2. The topological polar surface area (TPSA) is 49.4 Å². The van der Waals surface area contributed by atoms with Crippen molar-refractivity contribution in [3.63, 3.8) is 0 Å². The summed E-state index contributed by atoms with van der Waals surface area (Å²) in [5, 5.41) is 2.84. The van der Waals surface area contributed by atoms with Crippen molar-refractivity contribution in [2.24, 2.45) is 5.92 Å². The van der Waals surface area contributed by atoms with Gasteiger partial charge in [0.1, 0.15) is 5.92 Å². The first-order valence-electron chi connectivity index (χ1n) is 7.91. The number of hydrogen-bond acceptors (Lipinski definition) is 2. The number of benzene rings is 2. The second-order valence-corrected chi connectivity index (χ2v) is 7.03. The fraction of sp³-hybridized carbons (Fsp3) is 0.263. The second-order valence-electron chi connectivity index (χ2n) is 6.12. The van der Waals surface area contributed by atoms with Gasteiger partial charge in [-0.2, -0.15) is 0 Å². The van der Waals surface area contributed by atoms with Gasteiger partial charge in [-0.1, -0.05) is 39.7 Å². The van der Waals surface area contributed by atoms with Gasteiger partial charge in [0.15, 0.2) is 0 Å². The SMILES string of the molecule is Cc1ccc(NC(=O)C2CCN(c3cc(Br)ccc3C)C2=O)cc1. The Morgan fingerprint density at radius 2 is 1.88 bits per heavy atom. The molecule has 0 saturated carbocycles. The summed E-state index contributed by atoms with van der Waals surface area (Å²) in [5.41, 5.74) is 3.72. The Labute approximate surface area is 150 Å². The van der Waals surface area contributed by atoms with Crippen LogP contribution in [0.3, 0.4) is 0 Å². The zero-order valence-corrected chi connectivity index (χ0v) is 15.3. The molecule has 5 heteroatoms. The van der Waals surface area contributed by atoms with Gasteiger partial charge >= 0.3 is 0 Å². The van der Waals surface area contributed by atoms with Crippen LogP contribution in [0.4, 0.5) is 11.4 Å². The van der Waals surface area contributed by atoms with E-state index >= 15 is 0 Å². The lowest BCUT2D eigenvalue weighted by Crippen LogP contribution is -2.33. The van der Waals surface area contributed by atoms with Crippen LogP contribution in [0.15, 0.2) is 46.9 Å². The molecule has 0 bridgehead atoms. The largest absolute Gasteiger partial charge is 0.325 e. The Bertz CT molecular complexity index is 786. The minimum absolute atomic E-state index is 0.138. The Morgan fingerprint density at radius 1 is 1.17 bits per heavy atom. The van der Waals surface area contributed by atoms with Crippen LogP contribution in [0, 0.1) is 19.8 Å². The molecule has 0 spiro atoms. The first kappa shape index (κ1) is 16.7. The van der Waals surface area contributed by atoms with Gasteiger partial charge in [-0.3, -0.25) is 9.59 Å². The van der Waals surface area contributed by atoms with E-state index in [0.29, 0.717) is 13.0 Å². The minimum atomic E-state index is -0.635. The van der Waals surface area contributed by atoms with Crippen LogP contribution in [-0.4, -0.2) is 18.4 Å². The number of nitrogens with zero attached hydrogens (tertiary/aromatic N) is 1. The highest BCUT2D eigenvalue weighted by Crippen LogP contribution is 2.31. The molecule has 2 amide bonds. The molecule has 0 aliphatic carbocycles. The van der Waals surface area contributed by atoms with E-state index in [1.807, 2.05) is 56.3 Å². The van der Waals surface area contributed by atoms with Crippen molar-refractivity contribution < 1.29 is 9.59 Å². The maximum atomic E-state index is 12.7. The van der Waals surface area contributed by atoms with Gasteiger partial charge in [0.2, 0.25) is 11.8 Å². The summed E-state index contributed by atoms with van der Waals surface area (Å²) in [6.45, 7) is 4.52. The summed E-state index contributed by atoms with van der Waals surface area (Å²) < 4.78 is 0.920. The van der Waals surface area contributed by atoms with Crippen LogP contribution >= 0.6 is 15.9 Å². The van der Waals surface area contributed by atoms with E-state index in [0.717, 1.165) is 27.0 Å². The van der Waals surface area contributed by atoms with Crippen LogP contribution in [0.1, 0.15) is 17.5 Å². The van der Waals surface area contributed by atoms with Crippen LogP contribution < -0.4 is 10.2 Å². The molecule has 1 unspecified atom stereocenters. The van der Waals surface area contributed by atoms with Gasteiger partial charge < -0.3 is 10.2 Å².